The predicted molar refractivity (Wildman–Crippen MR) is 302 cm³/mol. The summed E-state index contributed by atoms with van der Waals surface area (Å²) in [5.74, 6) is 2.03. The van der Waals surface area contributed by atoms with E-state index in [2.05, 4.69) is 57.5 Å². The normalized spacial score (nSPS) is 11.2. The fraction of sp³-hybridized carbons (Fsp3) is 0.791. The lowest BCUT2D eigenvalue weighted by atomic mass is 10.5. The van der Waals surface area contributed by atoms with Crippen molar-refractivity contribution in [1.82, 2.24) is 44.9 Å². The molecule has 0 atom stereocenters. The van der Waals surface area contributed by atoms with E-state index in [9.17, 15) is 0 Å². The number of rotatable bonds is 46. The van der Waals surface area contributed by atoms with E-state index in [1.165, 1.54) is 23.5 Å². The first kappa shape index (κ1) is 72.6. The van der Waals surface area contributed by atoms with Crippen molar-refractivity contribution < 1.29 is 63.4 Å². The Hall–Kier alpha value is -0.450. The Kier molecular flexibility index (Phi) is 51.2. The molecule has 0 bridgehead atoms. The third kappa shape index (κ3) is 44.9. The van der Waals surface area contributed by atoms with Gasteiger partial charge in [-0.05, 0) is 134 Å². The third-order valence-corrected chi connectivity index (χ3v) is 17.1. The molecule has 75 heavy (non-hydrogen) atoms. The summed E-state index contributed by atoms with van der Waals surface area (Å²) >= 11 is 34.9. The lowest BCUT2D eigenvalue weighted by molar-refractivity contribution is 0.0100. The molecule has 3 aromatic rings. The third-order valence-electron chi connectivity index (χ3n) is 8.79. The number of hydrogen-bond acceptors (Lipinski definition) is 25. The molecule has 3 heterocycles. The SMILES string of the molecule is Clc1nc(Cl)nc(Cl)n1.OCCCP(CCCO)CCCOc1nc(Cl)nc(SCCOCCOCCOCCO)n1.OCCCP(CCCO)CCCOc1nc(Cl)nc(SCCOCCOCCOCCS)n1. The molecule has 0 spiro atoms. The lowest BCUT2D eigenvalue weighted by Gasteiger charge is -2.16. The molecule has 0 aromatic carbocycles. The van der Waals surface area contributed by atoms with Crippen LogP contribution in [0.25, 0.3) is 0 Å². The molecular formula is C43H74Cl5N9O13P2S3. The van der Waals surface area contributed by atoms with Gasteiger partial charge in [-0.3, -0.25) is 0 Å². The Morgan fingerprint density at radius 2 is 0.653 bits per heavy atom. The molecule has 0 amide bonds. The van der Waals surface area contributed by atoms with E-state index in [0.717, 1.165) is 75.5 Å². The summed E-state index contributed by atoms with van der Waals surface area (Å²) in [4.78, 5) is 35.3. The predicted octanol–water partition coefficient (Wildman–Crippen LogP) is 6.12. The van der Waals surface area contributed by atoms with Gasteiger partial charge in [0.25, 0.3) is 0 Å². The van der Waals surface area contributed by atoms with Gasteiger partial charge < -0.3 is 63.4 Å². The van der Waals surface area contributed by atoms with Crippen LogP contribution in [0.3, 0.4) is 0 Å². The molecule has 22 nitrogen and oxygen atoms in total. The van der Waals surface area contributed by atoms with E-state index in [1.807, 2.05) is 0 Å². The standard InChI is InChI=1S/C20H37ClN3O7PS.C20H37ClN3O6PS2.C3Cl3N3/c21-18-22-19(31-7-3-16-32(14-1-4-25)15-2-5-26)24-20(23-18)33-17-13-30-12-11-29-10-9-28-8-6-27;21-18-22-19(30-6-3-15-31(13-1-4-25)14-2-5-26)24-20(23-18)33-17-12-29-10-8-27-7-9-28-11-16-32;4-1-7-2(5)9-3(6)8-1/h25-27H,1-17H2;25-26,32H,1-17H2;. The van der Waals surface area contributed by atoms with Crippen LogP contribution >= 0.6 is 110 Å². The van der Waals surface area contributed by atoms with Crippen LogP contribution in [0.1, 0.15) is 38.5 Å². The molecule has 0 aliphatic heterocycles. The summed E-state index contributed by atoms with van der Waals surface area (Å²) < 4.78 is 43.5. The number of hydrogen-bond donors (Lipinski definition) is 6. The Balaban J connectivity index is 0.000000640. The van der Waals surface area contributed by atoms with E-state index in [4.69, 9.17) is 121 Å². The van der Waals surface area contributed by atoms with Gasteiger partial charge in [0.05, 0.1) is 99.1 Å². The van der Waals surface area contributed by atoms with Crippen LogP contribution in [0.15, 0.2) is 10.3 Å². The fourth-order valence-electron chi connectivity index (χ4n) is 5.54. The van der Waals surface area contributed by atoms with Crippen LogP contribution in [0.5, 0.6) is 12.0 Å². The molecule has 3 aromatic heterocycles. The number of aliphatic hydroxyl groups is 5. The largest absolute Gasteiger partial charge is 0.463 e. The van der Waals surface area contributed by atoms with Gasteiger partial charge in [-0.15, -0.1) is 15.8 Å². The first-order chi connectivity index (χ1) is 36.6. The maximum Gasteiger partial charge on any atom is 0.321 e. The van der Waals surface area contributed by atoms with E-state index in [1.54, 1.807) is 0 Å². The minimum Gasteiger partial charge on any atom is -0.463 e. The van der Waals surface area contributed by atoms with Crippen molar-refractivity contribution in [2.45, 2.75) is 48.8 Å². The quantitative estimate of drug-likeness (QED) is 0.0161. The molecular weight excluding hydrogens is 1190 g/mol. The monoisotopic (exact) mass is 1260 g/mol. The molecule has 432 valence electrons. The van der Waals surface area contributed by atoms with Crippen molar-refractivity contribution in [3.8, 4) is 12.0 Å². The highest BCUT2D eigenvalue weighted by Crippen LogP contribution is 2.38. The molecule has 0 fully saturated rings. The summed E-state index contributed by atoms with van der Waals surface area (Å²) in [7, 11) is -0.407. The van der Waals surface area contributed by atoms with Gasteiger partial charge in [-0.1, -0.05) is 23.5 Å². The second-order valence-corrected chi connectivity index (χ2v) is 24.3. The van der Waals surface area contributed by atoms with Crippen molar-refractivity contribution in [1.29, 1.82) is 0 Å². The second-order valence-electron chi connectivity index (χ2n) is 14.7. The van der Waals surface area contributed by atoms with Crippen molar-refractivity contribution in [3.63, 3.8) is 0 Å². The van der Waals surface area contributed by atoms with E-state index >= 15 is 0 Å². The minimum absolute atomic E-state index is 0.000000000000000444. The highest BCUT2D eigenvalue weighted by Gasteiger charge is 2.12. The van der Waals surface area contributed by atoms with Crippen LogP contribution < -0.4 is 9.47 Å². The van der Waals surface area contributed by atoms with Crippen LogP contribution in [-0.2, 0) is 28.4 Å². The molecule has 0 aliphatic rings. The summed E-state index contributed by atoms with van der Waals surface area (Å²) in [5, 5.41) is 46.0. The molecule has 0 saturated carbocycles. The van der Waals surface area contributed by atoms with Crippen molar-refractivity contribution >= 4 is 110 Å². The first-order valence-corrected chi connectivity index (χ1v) is 32.5. The van der Waals surface area contributed by atoms with Gasteiger partial charge in [-0.2, -0.15) is 57.5 Å². The summed E-state index contributed by atoms with van der Waals surface area (Å²) in [6.07, 6.45) is 11.1. The molecule has 5 N–H and O–H groups in total. The lowest BCUT2D eigenvalue weighted by Crippen LogP contribution is -2.11. The second kappa shape index (κ2) is 52.9. The Bertz CT molecular complexity index is 1650. The molecule has 0 unspecified atom stereocenters. The van der Waals surface area contributed by atoms with Gasteiger partial charge in [0.1, 0.15) is 0 Å². The topological polar surface area (TPSA) is 291 Å². The van der Waals surface area contributed by atoms with Gasteiger partial charge in [0.15, 0.2) is 10.3 Å². The van der Waals surface area contributed by atoms with Gasteiger partial charge >= 0.3 is 12.0 Å². The zero-order valence-electron chi connectivity index (χ0n) is 42.1. The number of ether oxygens (including phenoxy) is 8. The van der Waals surface area contributed by atoms with Crippen LogP contribution in [0.4, 0.5) is 0 Å². The Morgan fingerprint density at radius 1 is 0.347 bits per heavy atom. The average Bonchev–Trinajstić information content (AvgIpc) is 3.38. The molecule has 0 radical (unpaired) electrons. The number of nitrogens with zero attached hydrogens (tertiary/aromatic N) is 9. The van der Waals surface area contributed by atoms with Crippen molar-refractivity contribution in [3.05, 3.63) is 26.4 Å². The summed E-state index contributed by atoms with van der Waals surface area (Å²) in [6.45, 7) is 7.85. The van der Waals surface area contributed by atoms with Gasteiger partial charge in [-0.25, -0.2) is 0 Å². The minimum atomic E-state index is -0.207. The highest BCUT2D eigenvalue weighted by molar-refractivity contribution is 7.99. The maximum atomic E-state index is 9.05. The fourth-order valence-corrected chi connectivity index (χ4v) is 12.9. The van der Waals surface area contributed by atoms with E-state index in [-0.39, 0.29) is 87.3 Å². The first-order valence-electron chi connectivity index (χ1n) is 24.2. The zero-order chi connectivity index (χ0) is 54.8. The van der Waals surface area contributed by atoms with Crippen molar-refractivity contribution in [2.24, 2.45) is 0 Å². The van der Waals surface area contributed by atoms with Crippen LogP contribution in [0, 0.1) is 0 Å². The van der Waals surface area contributed by atoms with Crippen molar-refractivity contribution in [2.75, 3.05) is 180 Å². The highest BCUT2D eigenvalue weighted by atomic mass is 35.5. The van der Waals surface area contributed by atoms with Gasteiger partial charge in [0.2, 0.25) is 26.4 Å². The molecule has 0 saturated heterocycles. The zero-order valence-corrected chi connectivity index (χ0v) is 50.2. The number of thiol groups is 1. The Labute approximate surface area is 482 Å². The molecule has 3 rings (SSSR count). The van der Waals surface area contributed by atoms with E-state index < -0.39 is 0 Å². The van der Waals surface area contributed by atoms with Gasteiger partial charge in [0, 0.05) is 43.7 Å². The number of aromatic nitrogens is 9. The average molecular weight is 1260 g/mol. The number of aliphatic hydroxyl groups excluding tert-OH is 5. The summed E-state index contributed by atoms with van der Waals surface area (Å²) in [6, 6.07) is 0.437. The summed E-state index contributed by atoms with van der Waals surface area (Å²) in [5.41, 5.74) is 0. The van der Waals surface area contributed by atoms with Crippen LogP contribution in [0.2, 0.25) is 26.4 Å². The molecule has 0 aliphatic carbocycles. The maximum absolute atomic E-state index is 9.05. The number of thioether (sulfide) groups is 2. The molecule has 32 heteroatoms. The van der Waals surface area contributed by atoms with E-state index in [0.29, 0.717) is 120 Å². The smallest absolute Gasteiger partial charge is 0.321 e. The number of halogens is 5. The Morgan fingerprint density at radius 3 is 0.987 bits per heavy atom. The van der Waals surface area contributed by atoms with Crippen LogP contribution in [-0.4, -0.2) is 250 Å².